The number of amides is 1. The molecule has 0 saturated heterocycles. The normalized spacial score (nSPS) is 17.6. The minimum Gasteiger partial charge on any atom is -0.497 e. The quantitative estimate of drug-likeness (QED) is 0.626. The summed E-state index contributed by atoms with van der Waals surface area (Å²) in [4.78, 5) is 13.2. The second kappa shape index (κ2) is 8.66. The molecule has 2 atom stereocenters. The Morgan fingerprint density at radius 3 is 2.30 bits per heavy atom. The van der Waals surface area contributed by atoms with Crippen LogP contribution in [-0.2, 0) is 11.2 Å². The van der Waals surface area contributed by atoms with Crippen molar-refractivity contribution in [3.8, 4) is 11.5 Å². The SMILES string of the molecule is CCc1nnc2n1N[C@@H](c1ccc(OC)cc1)[C@H](C(=O)Nc1ccc(OC)cc1)S2. The summed E-state index contributed by atoms with van der Waals surface area (Å²) in [6.45, 7) is 2.02. The van der Waals surface area contributed by atoms with E-state index in [1.807, 2.05) is 60.1 Å². The molecular weight excluding hydrogens is 402 g/mol. The number of thioether (sulfide) groups is 1. The highest BCUT2D eigenvalue weighted by atomic mass is 32.2. The molecule has 0 bridgehead atoms. The average molecular weight is 426 g/mol. The number of aryl methyl sites for hydroxylation is 1. The van der Waals surface area contributed by atoms with E-state index in [0.29, 0.717) is 10.8 Å². The van der Waals surface area contributed by atoms with Crippen molar-refractivity contribution < 1.29 is 14.3 Å². The number of carbonyl (C=O) groups is 1. The van der Waals surface area contributed by atoms with Gasteiger partial charge in [-0.1, -0.05) is 30.8 Å². The summed E-state index contributed by atoms with van der Waals surface area (Å²) in [6, 6.07) is 14.7. The standard InChI is InChI=1S/C21H23N5O3S/c1-4-17-23-24-21-26(17)25-18(13-5-9-15(28-2)10-6-13)19(30-21)20(27)22-14-7-11-16(29-3)12-8-14/h5-12,18-19,25H,4H2,1-3H3,(H,22,27)/t18-,19+/m0/s1. The van der Waals surface area contributed by atoms with Crippen LogP contribution in [0.3, 0.4) is 0 Å². The van der Waals surface area contributed by atoms with E-state index in [2.05, 4.69) is 20.9 Å². The summed E-state index contributed by atoms with van der Waals surface area (Å²) in [5, 5.41) is 11.7. The van der Waals surface area contributed by atoms with Crippen LogP contribution in [0.1, 0.15) is 24.4 Å². The summed E-state index contributed by atoms with van der Waals surface area (Å²) in [5.41, 5.74) is 5.11. The van der Waals surface area contributed by atoms with E-state index in [4.69, 9.17) is 9.47 Å². The Morgan fingerprint density at radius 1 is 1.07 bits per heavy atom. The van der Waals surface area contributed by atoms with Crippen molar-refractivity contribution in [3.63, 3.8) is 0 Å². The van der Waals surface area contributed by atoms with Gasteiger partial charge < -0.3 is 20.2 Å². The van der Waals surface area contributed by atoms with Gasteiger partial charge in [-0.15, -0.1) is 10.2 Å². The number of rotatable bonds is 6. The molecule has 156 valence electrons. The van der Waals surface area contributed by atoms with Gasteiger partial charge in [0, 0.05) is 12.1 Å². The zero-order valence-electron chi connectivity index (χ0n) is 17.0. The van der Waals surface area contributed by atoms with Crippen molar-refractivity contribution in [2.75, 3.05) is 25.0 Å². The zero-order valence-corrected chi connectivity index (χ0v) is 17.8. The third-order valence-electron chi connectivity index (χ3n) is 4.91. The molecule has 8 nitrogen and oxygen atoms in total. The largest absolute Gasteiger partial charge is 0.497 e. The van der Waals surface area contributed by atoms with Gasteiger partial charge in [-0.05, 0) is 42.0 Å². The highest BCUT2D eigenvalue weighted by molar-refractivity contribution is 8.00. The first-order valence-electron chi connectivity index (χ1n) is 9.59. The molecule has 2 N–H and O–H groups in total. The highest BCUT2D eigenvalue weighted by Crippen LogP contribution is 2.38. The van der Waals surface area contributed by atoms with Crippen LogP contribution in [0.5, 0.6) is 11.5 Å². The number of fused-ring (bicyclic) bond motifs is 1. The highest BCUT2D eigenvalue weighted by Gasteiger charge is 2.37. The number of benzene rings is 2. The first-order valence-corrected chi connectivity index (χ1v) is 10.5. The number of anilines is 1. The molecule has 3 aromatic rings. The van der Waals surface area contributed by atoms with Crippen molar-refractivity contribution in [1.29, 1.82) is 0 Å². The van der Waals surface area contributed by atoms with Crippen LogP contribution in [-0.4, -0.2) is 40.3 Å². The fraction of sp³-hybridized carbons (Fsp3) is 0.286. The Labute approximate surface area is 179 Å². The molecule has 2 heterocycles. The molecule has 1 amide bonds. The average Bonchev–Trinajstić information content (AvgIpc) is 3.21. The second-order valence-corrected chi connectivity index (χ2v) is 7.83. The minimum atomic E-state index is -0.443. The number of ether oxygens (including phenoxy) is 2. The van der Waals surface area contributed by atoms with Gasteiger partial charge in [-0.2, -0.15) is 0 Å². The van der Waals surface area contributed by atoms with Crippen molar-refractivity contribution >= 4 is 23.4 Å². The molecule has 0 saturated carbocycles. The fourth-order valence-corrected chi connectivity index (χ4v) is 4.38. The lowest BCUT2D eigenvalue weighted by atomic mass is 10.0. The Hall–Kier alpha value is -3.20. The fourth-order valence-electron chi connectivity index (χ4n) is 3.28. The van der Waals surface area contributed by atoms with Crippen molar-refractivity contribution in [3.05, 3.63) is 59.9 Å². The maximum Gasteiger partial charge on any atom is 0.240 e. The summed E-state index contributed by atoms with van der Waals surface area (Å²) < 4.78 is 12.3. The Kier molecular flexibility index (Phi) is 5.80. The maximum atomic E-state index is 13.2. The van der Waals surface area contributed by atoms with E-state index in [-0.39, 0.29) is 11.9 Å². The first kappa shape index (κ1) is 20.1. The van der Waals surface area contributed by atoms with Gasteiger partial charge in [0.1, 0.15) is 16.7 Å². The number of methoxy groups -OCH3 is 2. The number of nitrogens with zero attached hydrogens (tertiary/aromatic N) is 3. The molecule has 1 aromatic heterocycles. The first-order chi connectivity index (χ1) is 14.6. The zero-order chi connectivity index (χ0) is 21.1. The van der Waals surface area contributed by atoms with E-state index in [1.54, 1.807) is 14.2 Å². The lowest BCUT2D eigenvalue weighted by Gasteiger charge is -2.33. The third kappa shape index (κ3) is 3.93. The van der Waals surface area contributed by atoms with Gasteiger partial charge >= 0.3 is 0 Å². The van der Waals surface area contributed by atoms with Crippen molar-refractivity contribution in [2.24, 2.45) is 0 Å². The molecular formula is C21H23N5O3S. The Morgan fingerprint density at radius 2 is 1.70 bits per heavy atom. The summed E-state index contributed by atoms with van der Waals surface area (Å²) in [5.74, 6) is 2.20. The second-order valence-electron chi connectivity index (χ2n) is 6.72. The van der Waals surface area contributed by atoms with E-state index in [0.717, 1.165) is 29.3 Å². The molecule has 2 aromatic carbocycles. The smallest absolute Gasteiger partial charge is 0.240 e. The lowest BCUT2D eigenvalue weighted by Crippen LogP contribution is -2.41. The predicted octanol–water partition coefficient (Wildman–Crippen LogP) is 3.26. The van der Waals surface area contributed by atoms with Crippen LogP contribution < -0.4 is 20.2 Å². The van der Waals surface area contributed by atoms with Gasteiger partial charge in [0.15, 0.2) is 5.82 Å². The van der Waals surface area contributed by atoms with Crippen molar-refractivity contribution in [1.82, 2.24) is 14.9 Å². The number of hydrogen-bond donors (Lipinski definition) is 2. The summed E-state index contributed by atoms with van der Waals surface area (Å²) in [6.07, 6.45) is 0.735. The molecule has 30 heavy (non-hydrogen) atoms. The number of carbonyl (C=O) groups excluding carboxylic acids is 1. The van der Waals surface area contributed by atoms with E-state index < -0.39 is 5.25 Å². The van der Waals surface area contributed by atoms with Gasteiger partial charge in [0.05, 0.1) is 20.3 Å². The molecule has 0 aliphatic carbocycles. The van der Waals surface area contributed by atoms with Gasteiger partial charge in [-0.3, -0.25) is 4.79 Å². The van der Waals surface area contributed by atoms with Gasteiger partial charge in [0.2, 0.25) is 11.1 Å². The maximum absolute atomic E-state index is 13.2. The molecule has 0 unspecified atom stereocenters. The van der Waals surface area contributed by atoms with E-state index in [9.17, 15) is 4.79 Å². The Bertz CT molecular complexity index is 1020. The van der Waals surface area contributed by atoms with Crippen molar-refractivity contribution in [2.45, 2.75) is 29.8 Å². The monoisotopic (exact) mass is 425 g/mol. The molecule has 4 rings (SSSR count). The lowest BCUT2D eigenvalue weighted by molar-refractivity contribution is -0.116. The van der Waals surface area contributed by atoms with Crippen LogP contribution in [0.2, 0.25) is 0 Å². The number of nitrogens with one attached hydrogen (secondary N) is 2. The van der Waals surface area contributed by atoms with Gasteiger partial charge in [0.25, 0.3) is 0 Å². The molecule has 1 aliphatic heterocycles. The molecule has 0 spiro atoms. The van der Waals surface area contributed by atoms with E-state index >= 15 is 0 Å². The molecule has 0 fully saturated rings. The van der Waals surface area contributed by atoms with Crippen LogP contribution >= 0.6 is 11.8 Å². The van der Waals surface area contributed by atoms with Gasteiger partial charge in [-0.25, -0.2) is 4.68 Å². The minimum absolute atomic E-state index is 0.120. The van der Waals surface area contributed by atoms with E-state index in [1.165, 1.54) is 11.8 Å². The predicted molar refractivity (Wildman–Crippen MR) is 116 cm³/mol. The summed E-state index contributed by atoms with van der Waals surface area (Å²) in [7, 11) is 3.24. The number of aromatic nitrogens is 3. The molecule has 0 radical (unpaired) electrons. The topological polar surface area (TPSA) is 90.3 Å². The van der Waals surface area contributed by atoms with Crippen LogP contribution in [0.25, 0.3) is 0 Å². The third-order valence-corrected chi connectivity index (χ3v) is 6.13. The molecule has 9 heteroatoms. The molecule has 1 aliphatic rings. The van der Waals surface area contributed by atoms with Crippen LogP contribution in [0.4, 0.5) is 5.69 Å². The Balaban J connectivity index is 1.63. The van der Waals surface area contributed by atoms with Crippen LogP contribution in [0, 0.1) is 0 Å². The number of hydrogen-bond acceptors (Lipinski definition) is 7. The summed E-state index contributed by atoms with van der Waals surface area (Å²) >= 11 is 1.40. The van der Waals surface area contributed by atoms with Crippen LogP contribution in [0.15, 0.2) is 53.7 Å².